The summed E-state index contributed by atoms with van der Waals surface area (Å²) in [4.78, 5) is 24.2. The third-order valence-electron chi connectivity index (χ3n) is 4.62. The lowest BCUT2D eigenvalue weighted by atomic mass is 10.0. The van der Waals surface area contributed by atoms with Gasteiger partial charge in [-0.15, -0.1) is 6.42 Å². The van der Waals surface area contributed by atoms with Crippen molar-refractivity contribution in [2.45, 2.75) is 19.8 Å². The van der Waals surface area contributed by atoms with E-state index in [1.165, 1.54) is 6.21 Å². The lowest BCUT2D eigenvalue weighted by Crippen LogP contribution is -2.21. The van der Waals surface area contributed by atoms with E-state index in [-0.39, 0.29) is 31.3 Å². The number of nitrogens with one attached hydrogen (secondary N) is 2. The molecular formula is C25H23N3O3. The largest absolute Gasteiger partial charge is 0.480 e. The minimum Gasteiger partial charge on any atom is -0.480 e. The second-order valence-corrected chi connectivity index (χ2v) is 6.85. The average Bonchev–Trinajstić information content (AvgIpc) is 2.78. The van der Waals surface area contributed by atoms with Gasteiger partial charge in [0.05, 0.1) is 6.21 Å². The van der Waals surface area contributed by atoms with Crippen molar-refractivity contribution in [3.63, 3.8) is 0 Å². The highest BCUT2D eigenvalue weighted by Crippen LogP contribution is 2.26. The maximum Gasteiger partial charge on any atom is 0.240 e. The number of anilines is 1. The second kappa shape index (κ2) is 10.6. The van der Waals surface area contributed by atoms with Crippen LogP contribution < -0.4 is 15.5 Å². The fourth-order valence-electron chi connectivity index (χ4n) is 3.03. The number of carbonyl (C=O) groups excluding carboxylic acids is 2. The number of aryl methyl sites for hydroxylation is 1. The van der Waals surface area contributed by atoms with Crippen LogP contribution in [-0.2, 0) is 9.59 Å². The molecule has 0 fully saturated rings. The number of amides is 2. The molecule has 3 aromatic rings. The van der Waals surface area contributed by atoms with E-state index < -0.39 is 0 Å². The summed E-state index contributed by atoms with van der Waals surface area (Å²) in [5.41, 5.74) is 4.88. The van der Waals surface area contributed by atoms with Crippen molar-refractivity contribution in [1.29, 1.82) is 0 Å². The Balaban J connectivity index is 1.60. The molecule has 0 aliphatic rings. The first kappa shape index (κ1) is 21.6. The summed E-state index contributed by atoms with van der Waals surface area (Å²) in [6, 6.07) is 19.0. The number of carbonyl (C=O) groups is 2. The fraction of sp³-hybridized carbons (Fsp3) is 0.160. The van der Waals surface area contributed by atoms with Crippen molar-refractivity contribution >= 4 is 34.5 Å². The van der Waals surface area contributed by atoms with Crippen LogP contribution in [0.2, 0.25) is 0 Å². The molecule has 6 nitrogen and oxygen atoms in total. The number of hydrogen-bond donors (Lipinski definition) is 2. The molecule has 3 aromatic carbocycles. The average molecular weight is 413 g/mol. The van der Waals surface area contributed by atoms with E-state index in [1.807, 2.05) is 67.6 Å². The van der Waals surface area contributed by atoms with Crippen LogP contribution in [0.4, 0.5) is 5.69 Å². The van der Waals surface area contributed by atoms with Gasteiger partial charge in [-0.3, -0.25) is 9.59 Å². The van der Waals surface area contributed by atoms with Crippen LogP contribution >= 0.6 is 0 Å². The second-order valence-electron chi connectivity index (χ2n) is 6.85. The Morgan fingerprint density at radius 3 is 2.58 bits per heavy atom. The van der Waals surface area contributed by atoms with Crippen LogP contribution in [0.25, 0.3) is 10.8 Å². The Hall–Kier alpha value is -4.11. The zero-order valence-corrected chi connectivity index (χ0v) is 17.2. The van der Waals surface area contributed by atoms with Gasteiger partial charge in [-0.05, 0) is 35.4 Å². The van der Waals surface area contributed by atoms with Crippen molar-refractivity contribution in [3.8, 4) is 18.1 Å². The normalized spacial score (nSPS) is 10.6. The highest BCUT2D eigenvalue weighted by atomic mass is 16.5. The molecule has 6 heteroatoms. The monoisotopic (exact) mass is 413 g/mol. The van der Waals surface area contributed by atoms with E-state index in [0.717, 1.165) is 22.0 Å². The highest BCUT2D eigenvalue weighted by molar-refractivity contribution is 6.02. The number of fused-ring (bicyclic) bond motifs is 1. The Bertz CT molecular complexity index is 1160. The van der Waals surface area contributed by atoms with Crippen molar-refractivity contribution in [3.05, 3.63) is 71.8 Å². The van der Waals surface area contributed by atoms with Gasteiger partial charge in [-0.1, -0.05) is 54.5 Å². The number of benzene rings is 3. The molecule has 0 aromatic heterocycles. The Labute approximate surface area is 181 Å². The van der Waals surface area contributed by atoms with Gasteiger partial charge < -0.3 is 10.1 Å². The Kier molecular flexibility index (Phi) is 7.39. The first-order valence-electron chi connectivity index (χ1n) is 9.84. The standard InChI is InChI=1S/C25H23N3O3/c1-3-16-31-23-13-12-19-9-5-6-10-20(19)21(23)17-26-28-25(30)15-14-24(29)27-22-11-7-4-8-18(22)2/h1,4-13,17H,14-16H2,2H3,(H,27,29)(H,28,30). The van der Waals surface area contributed by atoms with Gasteiger partial charge in [0.2, 0.25) is 11.8 Å². The molecule has 0 saturated heterocycles. The quantitative estimate of drug-likeness (QED) is 0.332. The Morgan fingerprint density at radius 1 is 1.03 bits per heavy atom. The summed E-state index contributed by atoms with van der Waals surface area (Å²) < 4.78 is 5.60. The predicted octanol–water partition coefficient (Wildman–Crippen LogP) is 4.03. The summed E-state index contributed by atoms with van der Waals surface area (Å²) in [6.45, 7) is 2.04. The maximum absolute atomic E-state index is 12.1. The van der Waals surface area contributed by atoms with E-state index in [1.54, 1.807) is 0 Å². The number of nitrogens with zero attached hydrogens (tertiary/aromatic N) is 1. The highest BCUT2D eigenvalue weighted by Gasteiger charge is 2.09. The lowest BCUT2D eigenvalue weighted by Gasteiger charge is -2.10. The number of rotatable bonds is 8. The SMILES string of the molecule is C#CCOc1ccc2ccccc2c1C=NNC(=O)CCC(=O)Nc1ccccc1C. The third kappa shape index (κ3) is 5.94. The third-order valence-corrected chi connectivity index (χ3v) is 4.62. The van der Waals surface area contributed by atoms with Gasteiger partial charge in [-0.25, -0.2) is 5.43 Å². The van der Waals surface area contributed by atoms with Crippen molar-refractivity contribution in [2.24, 2.45) is 5.10 Å². The van der Waals surface area contributed by atoms with Crippen LogP contribution in [0.15, 0.2) is 65.8 Å². The molecule has 0 heterocycles. The van der Waals surface area contributed by atoms with Crippen molar-refractivity contribution in [2.75, 3.05) is 11.9 Å². The number of hydrazone groups is 1. The first-order chi connectivity index (χ1) is 15.1. The Morgan fingerprint density at radius 2 is 1.77 bits per heavy atom. The summed E-state index contributed by atoms with van der Waals surface area (Å²) in [6.07, 6.45) is 6.90. The molecule has 0 radical (unpaired) electrons. The molecule has 2 N–H and O–H groups in total. The molecule has 0 saturated carbocycles. The smallest absolute Gasteiger partial charge is 0.240 e. The van der Waals surface area contributed by atoms with Gasteiger partial charge in [0, 0.05) is 24.1 Å². The van der Waals surface area contributed by atoms with Crippen LogP contribution in [0, 0.1) is 19.3 Å². The first-order valence-corrected chi connectivity index (χ1v) is 9.84. The number of terminal acetylenes is 1. The molecule has 3 rings (SSSR count). The predicted molar refractivity (Wildman–Crippen MR) is 123 cm³/mol. The molecule has 0 unspecified atom stereocenters. The van der Waals surface area contributed by atoms with E-state index in [9.17, 15) is 9.59 Å². The fourth-order valence-corrected chi connectivity index (χ4v) is 3.03. The molecule has 2 amide bonds. The van der Waals surface area contributed by atoms with E-state index in [2.05, 4.69) is 21.8 Å². The van der Waals surface area contributed by atoms with Gasteiger partial charge >= 0.3 is 0 Å². The van der Waals surface area contributed by atoms with E-state index >= 15 is 0 Å². The summed E-state index contributed by atoms with van der Waals surface area (Å²) in [5, 5.41) is 8.79. The number of hydrogen-bond acceptors (Lipinski definition) is 4. The van der Waals surface area contributed by atoms with Crippen LogP contribution in [0.3, 0.4) is 0 Å². The van der Waals surface area contributed by atoms with E-state index in [4.69, 9.17) is 11.2 Å². The molecule has 0 aliphatic heterocycles. The molecule has 156 valence electrons. The topological polar surface area (TPSA) is 79.8 Å². The number of ether oxygens (including phenoxy) is 1. The molecule has 0 aliphatic carbocycles. The molecular weight excluding hydrogens is 390 g/mol. The summed E-state index contributed by atoms with van der Waals surface area (Å²) >= 11 is 0. The lowest BCUT2D eigenvalue weighted by molar-refractivity contribution is -0.124. The molecule has 31 heavy (non-hydrogen) atoms. The maximum atomic E-state index is 12.1. The van der Waals surface area contributed by atoms with Crippen LogP contribution in [0.5, 0.6) is 5.75 Å². The summed E-state index contributed by atoms with van der Waals surface area (Å²) in [5.74, 6) is 2.43. The summed E-state index contributed by atoms with van der Waals surface area (Å²) in [7, 11) is 0. The van der Waals surface area contributed by atoms with Gasteiger partial charge in [-0.2, -0.15) is 5.10 Å². The molecule has 0 bridgehead atoms. The van der Waals surface area contributed by atoms with E-state index in [0.29, 0.717) is 11.3 Å². The number of para-hydroxylation sites is 1. The molecule has 0 atom stereocenters. The van der Waals surface area contributed by atoms with Crippen molar-refractivity contribution < 1.29 is 14.3 Å². The van der Waals surface area contributed by atoms with Crippen molar-refractivity contribution in [1.82, 2.24) is 5.43 Å². The van der Waals surface area contributed by atoms with Gasteiger partial charge in [0.1, 0.15) is 12.4 Å². The van der Waals surface area contributed by atoms with Crippen LogP contribution in [-0.4, -0.2) is 24.6 Å². The minimum atomic E-state index is -0.359. The minimum absolute atomic E-state index is 0.0189. The van der Waals surface area contributed by atoms with Gasteiger partial charge in [0.25, 0.3) is 0 Å². The zero-order valence-electron chi connectivity index (χ0n) is 17.2. The van der Waals surface area contributed by atoms with Crippen LogP contribution in [0.1, 0.15) is 24.0 Å². The molecule has 0 spiro atoms. The zero-order chi connectivity index (χ0) is 22.1. The van der Waals surface area contributed by atoms with Gasteiger partial charge in [0.15, 0.2) is 0 Å².